The highest BCUT2D eigenvalue weighted by Crippen LogP contribution is 2.18. The van der Waals surface area contributed by atoms with Crippen molar-refractivity contribution in [2.75, 3.05) is 18.0 Å². The fourth-order valence-electron chi connectivity index (χ4n) is 1.46. The summed E-state index contributed by atoms with van der Waals surface area (Å²) in [5, 5.41) is 0. The molecule has 0 fully saturated rings. The molecule has 1 heterocycles. The maximum absolute atomic E-state index is 5.86. The Kier molecular flexibility index (Phi) is 5.00. The first kappa shape index (κ1) is 11.9. The summed E-state index contributed by atoms with van der Waals surface area (Å²) >= 11 is 5.86. The smallest absolute Gasteiger partial charge is 0.133 e. The van der Waals surface area contributed by atoms with E-state index in [4.69, 9.17) is 18.0 Å². The first-order valence-corrected chi connectivity index (χ1v) is 5.55. The van der Waals surface area contributed by atoms with E-state index in [0.717, 1.165) is 24.3 Å². The Labute approximate surface area is 96.3 Å². The predicted molar refractivity (Wildman–Crippen MR) is 65.1 cm³/mol. The molecule has 0 aliphatic rings. The monoisotopic (exact) mass is 222 g/mol. The average molecular weight is 223 g/mol. The second kappa shape index (κ2) is 6.31. The molecule has 0 radical (unpaired) electrons. The first-order chi connectivity index (χ1) is 7.33. The summed E-state index contributed by atoms with van der Waals surface area (Å²) in [5.74, 6) is 4.02. The zero-order valence-corrected chi connectivity index (χ0v) is 9.67. The number of hydrogen-bond acceptors (Lipinski definition) is 2. The van der Waals surface area contributed by atoms with Crippen LogP contribution in [0.5, 0.6) is 0 Å². The van der Waals surface area contributed by atoms with Crippen LogP contribution in [-0.4, -0.2) is 18.1 Å². The SMILES string of the molecule is C#CCN(CCC)c1ncccc1CCl. The van der Waals surface area contributed by atoms with Gasteiger partial charge >= 0.3 is 0 Å². The third-order valence-corrected chi connectivity index (χ3v) is 2.37. The minimum Gasteiger partial charge on any atom is -0.345 e. The first-order valence-electron chi connectivity index (χ1n) is 5.01. The zero-order chi connectivity index (χ0) is 11.1. The van der Waals surface area contributed by atoms with E-state index in [1.54, 1.807) is 6.20 Å². The number of alkyl halides is 1. The van der Waals surface area contributed by atoms with E-state index in [2.05, 4.69) is 22.7 Å². The summed E-state index contributed by atoms with van der Waals surface area (Å²) in [6, 6.07) is 3.87. The van der Waals surface area contributed by atoms with Crippen molar-refractivity contribution in [3.8, 4) is 12.3 Å². The summed E-state index contributed by atoms with van der Waals surface area (Å²) < 4.78 is 0. The molecule has 3 heteroatoms. The number of rotatable bonds is 5. The van der Waals surface area contributed by atoms with Crippen LogP contribution in [0, 0.1) is 12.3 Å². The molecule has 0 N–H and O–H groups in total. The van der Waals surface area contributed by atoms with E-state index in [1.807, 2.05) is 12.1 Å². The fourth-order valence-corrected chi connectivity index (χ4v) is 1.67. The van der Waals surface area contributed by atoms with Crippen molar-refractivity contribution in [2.45, 2.75) is 19.2 Å². The summed E-state index contributed by atoms with van der Waals surface area (Å²) in [7, 11) is 0. The Morgan fingerprint density at radius 3 is 3.00 bits per heavy atom. The van der Waals surface area contributed by atoms with E-state index in [0.29, 0.717) is 12.4 Å². The Morgan fingerprint density at radius 2 is 2.40 bits per heavy atom. The van der Waals surface area contributed by atoms with Crippen LogP contribution in [0.4, 0.5) is 5.82 Å². The Bertz CT molecular complexity index is 344. The van der Waals surface area contributed by atoms with Gasteiger partial charge in [-0.05, 0) is 12.5 Å². The Balaban J connectivity index is 2.94. The lowest BCUT2D eigenvalue weighted by atomic mass is 10.2. The molecule has 0 saturated carbocycles. The standard InChI is InChI=1S/C12H15ClN2/c1-3-8-15(9-4-2)12-11(10-13)6-5-7-14-12/h1,5-7H,4,8-10H2,2H3. The van der Waals surface area contributed by atoms with Crippen LogP contribution in [0.2, 0.25) is 0 Å². The summed E-state index contributed by atoms with van der Waals surface area (Å²) in [5.41, 5.74) is 1.03. The van der Waals surface area contributed by atoms with Gasteiger partial charge in [-0.2, -0.15) is 0 Å². The molecule has 0 amide bonds. The predicted octanol–water partition coefficient (Wildman–Crippen LogP) is 2.67. The second-order valence-corrected chi connectivity index (χ2v) is 3.51. The molecule has 0 spiro atoms. The molecule has 1 rings (SSSR count). The number of aromatic nitrogens is 1. The molecule has 2 nitrogen and oxygen atoms in total. The van der Waals surface area contributed by atoms with Gasteiger partial charge in [-0.25, -0.2) is 4.98 Å². The molecule has 0 unspecified atom stereocenters. The van der Waals surface area contributed by atoms with Gasteiger partial charge in [-0.15, -0.1) is 18.0 Å². The van der Waals surface area contributed by atoms with Gasteiger partial charge in [0.1, 0.15) is 5.82 Å². The second-order valence-electron chi connectivity index (χ2n) is 3.25. The topological polar surface area (TPSA) is 16.1 Å². The van der Waals surface area contributed by atoms with Crippen molar-refractivity contribution in [1.29, 1.82) is 0 Å². The van der Waals surface area contributed by atoms with Crippen molar-refractivity contribution >= 4 is 17.4 Å². The van der Waals surface area contributed by atoms with Crippen LogP contribution in [0.1, 0.15) is 18.9 Å². The third-order valence-electron chi connectivity index (χ3n) is 2.09. The van der Waals surface area contributed by atoms with Crippen LogP contribution in [0.15, 0.2) is 18.3 Å². The van der Waals surface area contributed by atoms with Gasteiger partial charge in [-0.3, -0.25) is 0 Å². The van der Waals surface area contributed by atoms with E-state index in [-0.39, 0.29) is 0 Å². The average Bonchev–Trinajstić information content (AvgIpc) is 2.29. The van der Waals surface area contributed by atoms with Crippen molar-refractivity contribution in [2.24, 2.45) is 0 Å². The van der Waals surface area contributed by atoms with Gasteiger partial charge in [0.2, 0.25) is 0 Å². The van der Waals surface area contributed by atoms with Gasteiger partial charge in [0.05, 0.1) is 12.4 Å². The highest BCUT2D eigenvalue weighted by atomic mass is 35.5. The number of hydrogen-bond donors (Lipinski definition) is 0. The van der Waals surface area contributed by atoms with Crippen molar-refractivity contribution in [3.63, 3.8) is 0 Å². The molecular formula is C12H15ClN2. The van der Waals surface area contributed by atoms with Crippen LogP contribution in [-0.2, 0) is 5.88 Å². The van der Waals surface area contributed by atoms with E-state index in [9.17, 15) is 0 Å². The van der Waals surface area contributed by atoms with Crippen LogP contribution in [0.3, 0.4) is 0 Å². The minimum absolute atomic E-state index is 0.466. The minimum atomic E-state index is 0.466. The van der Waals surface area contributed by atoms with Gasteiger partial charge in [0.15, 0.2) is 0 Å². The van der Waals surface area contributed by atoms with E-state index >= 15 is 0 Å². The van der Waals surface area contributed by atoms with Crippen LogP contribution in [0.25, 0.3) is 0 Å². The molecular weight excluding hydrogens is 208 g/mol. The number of halogens is 1. The lowest BCUT2D eigenvalue weighted by Gasteiger charge is -2.22. The van der Waals surface area contributed by atoms with Gasteiger partial charge in [-0.1, -0.05) is 18.9 Å². The number of terminal acetylenes is 1. The molecule has 0 bridgehead atoms. The van der Waals surface area contributed by atoms with E-state index < -0.39 is 0 Å². The Morgan fingerprint density at radius 1 is 1.60 bits per heavy atom. The van der Waals surface area contributed by atoms with Gasteiger partial charge < -0.3 is 4.90 Å². The number of anilines is 1. The summed E-state index contributed by atoms with van der Waals surface area (Å²) in [6.45, 7) is 3.60. The summed E-state index contributed by atoms with van der Waals surface area (Å²) in [6.07, 6.45) is 8.15. The van der Waals surface area contributed by atoms with Gasteiger partial charge in [0, 0.05) is 18.3 Å². The molecule has 80 valence electrons. The molecule has 0 saturated heterocycles. The Hall–Kier alpha value is -1.20. The van der Waals surface area contributed by atoms with E-state index in [1.165, 1.54) is 0 Å². The van der Waals surface area contributed by atoms with Crippen LogP contribution < -0.4 is 4.90 Å². The molecule has 0 aromatic carbocycles. The molecule has 1 aromatic heterocycles. The molecule has 1 aromatic rings. The number of pyridine rings is 1. The molecule has 0 aliphatic heterocycles. The van der Waals surface area contributed by atoms with Crippen molar-refractivity contribution in [1.82, 2.24) is 4.98 Å². The lowest BCUT2D eigenvalue weighted by Crippen LogP contribution is -2.26. The third kappa shape index (κ3) is 3.14. The lowest BCUT2D eigenvalue weighted by molar-refractivity contribution is 0.804. The van der Waals surface area contributed by atoms with Crippen LogP contribution >= 0.6 is 11.6 Å². The van der Waals surface area contributed by atoms with Crippen molar-refractivity contribution in [3.05, 3.63) is 23.9 Å². The number of nitrogens with zero attached hydrogens (tertiary/aromatic N) is 2. The maximum atomic E-state index is 5.86. The largest absolute Gasteiger partial charge is 0.345 e. The highest BCUT2D eigenvalue weighted by molar-refractivity contribution is 6.17. The molecule has 0 atom stereocenters. The van der Waals surface area contributed by atoms with Crippen molar-refractivity contribution < 1.29 is 0 Å². The normalized spacial score (nSPS) is 9.67. The zero-order valence-electron chi connectivity index (χ0n) is 8.91. The maximum Gasteiger partial charge on any atom is 0.133 e. The highest BCUT2D eigenvalue weighted by Gasteiger charge is 2.09. The quantitative estimate of drug-likeness (QED) is 0.563. The molecule has 0 aliphatic carbocycles. The van der Waals surface area contributed by atoms with Gasteiger partial charge in [0.25, 0.3) is 0 Å². The molecule has 15 heavy (non-hydrogen) atoms. The fraction of sp³-hybridized carbons (Fsp3) is 0.417. The summed E-state index contributed by atoms with van der Waals surface area (Å²) in [4.78, 5) is 6.41.